The van der Waals surface area contributed by atoms with Crippen molar-refractivity contribution in [3.05, 3.63) is 90.0 Å². The molecule has 0 unspecified atom stereocenters. The van der Waals surface area contributed by atoms with Crippen molar-refractivity contribution >= 4 is 0 Å². The van der Waals surface area contributed by atoms with Gasteiger partial charge in [0.2, 0.25) is 0 Å². The number of fused-ring (bicyclic) bond motifs is 1. The van der Waals surface area contributed by atoms with E-state index in [1.807, 2.05) is 24.4 Å². The van der Waals surface area contributed by atoms with Crippen molar-refractivity contribution in [3.63, 3.8) is 0 Å². The number of nitrogens with zero attached hydrogens (tertiary/aromatic N) is 3. The summed E-state index contributed by atoms with van der Waals surface area (Å²) in [6, 6.07) is 21.9. The van der Waals surface area contributed by atoms with Crippen LogP contribution in [0, 0.1) is 5.82 Å². The predicted octanol–water partition coefficient (Wildman–Crippen LogP) is 4.31. The average Bonchev–Trinajstić information content (AvgIpc) is 2.81. The summed E-state index contributed by atoms with van der Waals surface area (Å²) < 4.78 is 13.3. The highest BCUT2D eigenvalue weighted by atomic mass is 19.1. The Morgan fingerprint density at radius 2 is 1.62 bits per heavy atom. The Balaban J connectivity index is 1.35. The molecule has 3 heterocycles. The number of aromatic nitrogens is 1. The smallest absolute Gasteiger partial charge is 0.123 e. The van der Waals surface area contributed by atoms with Gasteiger partial charge in [-0.2, -0.15) is 0 Å². The Hall–Kier alpha value is -2.60. The molecular weight excluding hydrogens is 401 g/mol. The molecule has 1 aromatic heterocycles. The Kier molecular flexibility index (Phi) is 6.30. The van der Waals surface area contributed by atoms with E-state index >= 15 is 0 Å². The number of halogens is 1. The Morgan fingerprint density at radius 3 is 2.31 bits per heavy atom. The number of aliphatic hydroxyl groups excluding tert-OH is 1. The van der Waals surface area contributed by atoms with E-state index in [0.29, 0.717) is 12.0 Å². The molecule has 0 amide bonds. The third kappa shape index (κ3) is 4.33. The molecule has 2 fully saturated rings. The molecule has 5 rings (SSSR count). The van der Waals surface area contributed by atoms with E-state index in [1.54, 1.807) is 0 Å². The number of hydrogen-bond acceptors (Lipinski definition) is 4. The van der Waals surface area contributed by atoms with Gasteiger partial charge in [-0.3, -0.25) is 14.8 Å². The number of pyridine rings is 1. The van der Waals surface area contributed by atoms with Crippen LogP contribution in [0.15, 0.2) is 72.9 Å². The fourth-order valence-corrected chi connectivity index (χ4v) is 5.42. The molecule has 1 N–H and O–H groups in total. The molecule has 32 heavy (non-hydrogen) atoms. The number of aliphatic hydroxyl groups is 1. The van der Waals surface area contributed by atoms with Crippen LogP contribution in [-0.2, 0) is 6.54 Å². The van der Waals surface area contributed by atoms with Crippen LogP contribution in [0.5, 0.6) is 0 Å². The van der Waals surface area contributed by atoms with Gasteiger partial charge in [-0.05, 0) is 66.9 Å². The van der Waals surface area contributed by atoms with Crippen LogP contribution in [0.3, 0.4) is 0 Å². The van der Waals surface area contributed by atoms with Gasteiger partial charge in [-0.1, -0.05) is 42.5 Å². The summed E-state index contributed by atoms with van der Waals surface area (Å²) >= 11 is 0. The fourth-order valence-electron chi connectivity index (χ4n) is 5.42. The molecule has 2 aliphatic rings. The zero-order valence-electron chi connectivity index (χ0n) is 18.3. The van der Waals surface area contributed by atoms with Crippen molar-refractivity contribution in [1.29, 1.82) is 0 Å². The van der Waals surface area contributed by atoms with Crippen LogP contribution in [-0.4, -0.2) is 58.2 Å². The lowest BCUT2D eigenvalue weighted by atomic mass is 9.74. The molecule has 2 aromatic carbocycles. The molecule has 0 spiro atoms. The van der Waals surface area contributed by atoms with Crippen LogP contribution in [0.2, 0.25) is 0 Å². The topological polar surface area (TPSA) is 39.6 Å². The summed E-state index contributed by atoms with van der Waals surface area (Å²) in [7, 11) is 0. The number of hydrogen-bond donors (Lipinski definition) is 1. The maximum absolute atomic E-state index is 13.3. The van der Waals surface area contributed by atoms with Gasteiger partial charge in [-0.25, -0.2) is 4.39 Å². The molecule has 4 nitrogen and oxygen atoms in total. The number of benzene rings is 2. The summed E-state index contributed by atoms with van der Waals surface area (Å²) in [5.74, 6) is 0.0943. The highest BCUT2D eigenvalue weighted by Gasteiger charge is 2.49. The highest BCUT2D eigenvalue weighted by molar-refractivity contribution is 5.63. The molecule has 166 valence electrons. The first-order valence-electron chi connectivity index (χ1n) is 11.6. The third-order valence-electron chi connectivity index (χ3n) is 7.04. The summed E-state index contributed by atoms with van der Waals surface area (Å²) in [6.45, 7) is 4.17. The second kappa shape index (κ2) is 9.49. The van der Waals surface area contributed by atoms with E-state index in [4.69, 9.17) is 0 Å². The predicted molar refractivity (Wildman–Crippen MR) is 125 cm³/mol. The minimum absolute atomic E-state index is 0.173. The summed E-state index contributed by atoms with van der Waals surface area (Å²) in [4.78, 5) is 9.55. The maximum atomic E-state index is 13.3. The van der Waals surface area contributed by atoms with Gasteiger partial charge in [-0.15, -0.1) is 0 Å². The fraction of sp³-hybridized carbons (Fsp3) is 0.370. The van der Waals surface area contributed by atoms with E-state index in [1.165, 1.54) is 24.1 Å². The molecule has 3 atom stereocenters. The molecule has 2 aliphatic heterocycles. The first kappa shape index (κ1) is 21.3. The molecule has 3 aromatic rings. The third-order valence-corrected chi connectivity index (χ3v) is 7.04. The molecular formula is C27H30FN3O. The lowest BCUT2D eigenvalue weighted by Gasteiger charge is -2.57. The van der Waals surface area contributed by atoms with Gasteiger partial charge in [0.15, 0.2) is 0 Å². The largest absolute Gasteiger partial charge is 0.395 e. The van der Waals surface area contributed by atoms with Gasteiger partial charge in [0, 0.05) is 37.3 Å². The van der Waals surface area contributed by atoms with E-state index in [2.05, 4.69) is 51.2 Å². The second-order valence-corrected chi connectivity index (χ2v) is 8.97. The van der Waals surface area contributed by atoms with E-state index in [0.717, 1.165) is 49.4 Å². The normalized spacial score (nSPS) is 24.2. The SMILES string of the molecule is OC[C@@H]1[C@@H](c2ccc(-c3ccc(F)cc3)cc2)[C@@H]2CN(Cc3ccccn3)CCCCN12. The van der Waals surface area contributed by atoms with E-state index in [-0.39, 0.29) is 18.5 Å². The van der Waals surface area contributed by atoms with Crippen LogP contribution in [0.4, 0.5) is 4.39 Å². The lowest BCUT2D eigenvalue weighted by Crippen LogP contribution is -2.67. The first-order chi connectivity index (χ1) is 15.7. The van der Waals surface area contributed by atoms with Crippen molar-refractivity contribution in [3.8, 4) is 11.1 Å². The zero-order valence-corrected chi connectivity index (χ0v) is 18.3. The van der Waals surface area contributed by atoms with Crippen molar-refractivity contribution < 1.29 is 9.50 Å². The quantitative estimate of drug-likeness (QED) is 0.653. The molecule has 0 radical (unpaired) electrons. The lowest BCUT2D eigenvalue weighted by molar-refractivity contribution is -0.0656. The van der Waals surface area contributed by atoms with Gasteiger partial charge < -0.3 is 5.11 Å². The molecule has 0 saturated carbocycles. The first-order valence-corrected chi connectivity index (χ1v) is 11.6. The van der Waals surface area contributed by atoms with Crippen molar-refractivity contribution in [1.82, 2.24) is 14.8 Å². The number of rotatable bonds is 5. The monoisotopic (exact) mass is 431 g/mol. The van der Waals surface area contributed by atoms with Gasteiger partial charge in [0.05, 0.1) is 12.3 Å². The highest BCUT2D eigenvalue weighted by Crippen LogP contribution is 2.42. The van der Waals surface area contributed by atoms with Crippen LogP contribution >= 0.6 is 0 Å². The van der Waals surface area contributed by atoms with Crippen LogP contribution in [0.25, 0.3) is 11.1 Å². The van der Waals surface area contributed by atoms with Crippen LogP contribution < -0.4 is 0 Å². The maximum Gasteiger partial charge on any atom is 0.123 e. The van der Waals surface area contributed by atoms with Crippen molar-refractivity contribution in [2.45, 2.75) is 37.4 Å². The van der Waals surface area contributed by atoms with Gasteiger partial charge in [0.1, 0.15) is 5.82 Å². The van der Waals surface area contributed by atoms with Crippen LogP contribution in [0.1, 0.15) is 30.0 Å². The Labute approximate surface area is 189 Å². The minimum atomic E-state index is -0.217. The summed E-state index contributed by atoms with van der Waals surface area (Å²) in [5, 5.41) is 10.2. The molecule has 2 saturated heterocycles. The average molecular weight is 432 g/mol. The van der Waals surface area contributed by atoms with Crippen molar-refractivity contribution in [2.75, 3.05) is 26.2 Å². The molecule has 5 heteroatoms. The molecule has 0 aliphatic carbocycles. The standard InChI is InChI=1S/C27H30FN3O/c28-23-12-10-21(11-13-23)20-6-8-22(9-7-20)27-25-18-30(17-24-5-1-2-14-29-24)15-3-4-16-31(25)26(27)19-32/h1-2,5-14,25-27,32H,3-4,15-19H2/t25-,26+,27-/m0/s1. The molecule has 0 bridgehead atoms. The Morgan fingerprint density at radius 1 is 0.906 bits per heavy atom. The summed E-state index contributed by atoms with van der Waals surface area (Å²) in [6.07, 6.45) is 4.19. The van der Waals surface area contributed by atoms with Crippen molar-refractivity contribution in [2.24, 2.45) is 0 Å². The van der Waals surface area contributed by atoms with Gasteiger partial charge >= 0.3 is 0 Å². The van der Waals surface area contributed by atoms with E-state index in [9.17, 15) is 9.50 Å². The summed E-state index contributed by atoms with van der Waals surface area (Å²) in [5.41, 5.74) is 4.48. The minimum Gasteiger partial charge on any atom is -0.395 e. The van der Waals surface area contributed by atoms with Gasteiger partial charge in [0.25, 0.3) is 0 Å². The Bertz CT molecular complexity index is 1010. The zero-order chi connectivity index (χ0) is 21.9. The second-order valence-electron chi connectivity index (χ2n) is 8.97. The van der Waals surface area contributed by atoms with E-state index < -0.39 is 0 Å².